The average molecular weight is 329 g/mol. The van der Waals surface area contributed by atoms with Gasteiger partial charge in [0.2, 0.25) is 0 Å². The fourth-order valence-electron chi connectivity index (χ4n) is 1.97. The van der Waals surface area contributed by atoms with Crippen molar-refractivity contribution in [3.8, 4) is 0 Å². The molecule has 0 aromatic carbocycles. The summed E-state index contributed by atoms with van der Waals surface area (Å²) in [4.78, 5) is 4.60. The number of nitrogens with one attached hydrogen (secondary N) is 1. The van der Waals surface area contributed by atoms with E-state index < -0.39 is 0 Å². The molecule has 1 atom stereocenters. The van der Waals surface area contributed by atoms with Crippen LogP contribution in [0, 0.1) is 6.92 Å². The second kappa shape index (κ2) is 5.95. The van der Waals surface area contributed by atoms with Crippen molar-refractivity contribution in [1.29, 1.82) is 0 Å². The Morgan fingerprint density at radius 1 is 1.50 bits per heavy atom. The second-order valence-electron chi connectivity index (χ2n) is 3.98. The number of thiazole rings is 1. The molecule has 2 aromatic heterocycles. The van der Waals surface area contributed by atoms with E-state index >= 15 is 0 Å². The van der Waals surface area contributed by atoms with E-state index in [2.05, 4.69) is 50.6 Å². The molecule has 0 aliphatic heterocycles. The summed E-state index contributed by atoms with van der Waals surface area (Å²) < 4.78 is 3.03. The van der Waals surface area contributed by atoms with E-state index in [1.807, 2.05) is 17.8 Å². The molecule has 0 radical (unpaired) electrons. The number of nitrogens with zero attached hydrogens (tertiary/aromatic N) is 3. The van der Waals surface area contributed by atoms with Crippen LogP contribution in [0.4, 0.5) is 0 Å². The first-order valence-corrected chi connectivity index (χ1v) is 7.71. The molecule has 0 saturated carbocycles. The Labute approximate surface area is 120 Å². The number of aromatic nitrogens is 3. The van der Waals surface area contributed by atoms with Crippen LogP contribution in [-0.2, 0) is 6.54 Å². The molecule has 2 rings (SSSR count). The van der Waals surface area contributed by atoms with E-state index in [0.717, 1.165) is 34.0 Å². The van der Waals surface area contributed by atoms with Crippen molar-refractivity contribution in [2.45, 2.75) is 33.4 Å². The lowest BCUT2D eigenvalue weighted by molar-refractivity contribution is 0.534. The molecule has 98 valence electrons. The van der Waals surface area contributed by atoms with Crippen LogP contribution in [-0.4, -0.2) is 21.3 Å². The Bertz CT molecular complexity index is 520. The zero-order valence-electron chi connectivity index (χ0n) is 10.8. The van der Waals surface area contributed by atoms with Gasteiger partial charge in [-0.3, -0.25) is 4.68 Å². The van der Waals surface area contributed by atoms with Crippen LogP contribution in [0.15, 0.2) is 16.0 Å². The lowest BCUT2D eigenvalue weighted by atomic mass is 10.1. The third kappa shape index (κ3) is 2.65. The number of hydrogen-bond donors (Lipinski definition) is 1. The predicted molar refractivity (Wildman–Crippen MR) is 78.0 cm³/mol. The van der Waals surface area contributed by atoms with Crippen molar-refractivity contribution in [1.82, 2.24) is 20.1 Å². The first-order valence-electron chi connectivity index (χ1n) is 6.04. The van der Waals surface area contributed by atoms with Gasteiger partial charge in [0.15, 0.2) is 0 Å². The third-order valence-electron chi connectivity index (χ3n) is 2.75. The summed E-state index contributed by atoms with van der Waals surface area (Å²) in [6.07, 6.45) is 1.85. The highest BCUT2D eigenvalue weighted by Crippen LogP contribution is 2.29. The molecular formula is C12H17BrN4S. The van der Waals surface area contributed by atoms with Crippen molar-refractivity contribution < 1.29 is 0 Å². The molecule has 2 heterocycles. The molecule has 0 spiro atoms. The van der Waals surface area contributed by atoms with Crippen molar-refractivity contribution >= 4 is 27.3 Å². The largest absolute Gasteiger partial charge is 0.304 e. The van der Waals surface area contributed by atoms with Gasteiger partial charge in [-0.2, -0.15) is 5.10 Å². The molecule has 0 aliphatic rings. The van der Waals surface area contributed by atoms with Crippen LogP contribution in [0.25, 0.3) is 0 Å². The summed E-state index contributed by atoms with van der Waals surface area (Å²) >= 11 is 5.26. The van der Waals surface area contributed by atoms with Crippen molar-refractivity contribution in [2.75, 3.05) is 6.54 Å². The smallest absolute Gasteiger partial charge is 0.0942 e. The molecule has 0 amide bonds. The van der Waals surface area contributed by atoms with Gasteiger partial charge in [0, 0.05) is 11.9 Å². The fourth-order valence-corrected chi connectivity index (χ4v) is 3.13. The van der Waals surface area contributed by atoms with Gasteiger partial charge in [-0.15, -0.1) is 11.3 Å². The van der Waals surface area contributed by atoms with Gasteiger partial charge in [-0.25, -0.2) is 4.98 Å². The highest BCUT2D eigenvalue weighted by Gasteiger charge is 2.22. The lowest BCUT2D eigenvalue weighted by Crippen LogP contribution is -2.25. The number of aryl methyl sites for hydroxylation is 2. The van der Waals surface area contributed by atoms with Crippen LogP contribution in [0.1, 0.15) is 36.3 Å². The standard InChI is InChI=1S/C12H17BrN4S/c1-4-14-11(10-7-18-8(3)16-10)12-9(13)6-15-17(12)5-2/h6-7,11,14H,4-5H2,1-3H3. The maximum Gasteiger partial charge on any atom is 0.0942 e. The number of hydrogen-bond acceptors (Lipinski definition) is 4. The molecule has 18 heavy (non-hydrogen) atoms. The highest BCUT2D eigenvalue weighted by atomic mass is 79.9. The van der Waals surface area contributed by atoms with E-state index in [1.54, 1.807) is 11.3 Å². The molecule has 6 heteroatoms. The van der Waals surface area contributed by atoms with Gasteiger partial charge in [0.25, 0.3) is 0 Å². The third-order valence-corrected chi connectivity index (χ3v) is 4.15. The Morgan fingerprint density at radius 2 is 2.28 bits per heavy atom. The zero-order valence-corrected chi connectivity index (χ0v) is 13.2. The van der Waals surface area contributed by atoms with Crippen molar-refractivity contribution in [2.24, 2.45) is 0 Å². The summed E-state index contributed by atoms with van der Waals surface area (Å²) in [5.74, 6) is 0. The van der Waals surface area contributed by atoms with Gasteiger partial charge in [-0.05, 0) is 36.3 Å². The van der Waals surface area contributed by atoms with Crippen molar-refractivity contribution in [3.63, 3.8) is 0 Å². The quantitative estimate of drug-likeness (QED) is 0.916. The summed E-state index contributed by atoms with van der Waals surface area (Å²) in [5.41, 5.74) is 2.21. The Hall–Kier alpha value is -0.720. The Morgan fingerprint density at radius 3 is 2.83 bits per heavy atom. The molecule has 0 bridgehead atoms. The first kappa shape index (κ1) is 13.7. The lowest BCUT2D eigenvalue weighted by Gasteiger charge is -2.18. The summed E-state index contributed by atoms with van der Waals surface area (Å²) in [7, 11) is 0. The van der Waals surface area contributed by atoms with Crippen molar-refractivity contribution in [3.05, 3.63) is 32.4 Å². The second-order valence-corrected chi connectivity index (χ2v) is 5.89. The normalized spacial score (nSPS) is 12.9. The molecule has 0 fully saturated rings. The van der Waals surface area contributed by atoms with E-state index in [1.165, 1.54) is 0 Å². The minimum absolute atomic E-state index is 0.0942. The SMILES string of the molecule is CCNC(c1csc(C)n1)c1c(Br)cnn1CC. The minimum atomic E-state index is 0.0942. The maximum absolute atomic E-state index is 4.60. The molecule has 0 saturated heterocycles. The zero-order chi connectivity index (χ0) is 13.1. The van der Waals surface area contributed by atoms with Crippen LogP contribution >= 0.6 is 27.3 Å². The van der Waals surface area contributed by atoms with Gasteiger partial charge in [-0.1, -0.05) is 6.92 Å². The van der Waals surface area contributed by atoms with Gasteiger partial charge in [0.1, 0.15) is 0 Å². The van der Waals surface area contributed by atoms with Crippen LogP contribution in [0.5, 0.6) is 0 Å². The van der Waals surface area contributed by atoms with Gasteiger partial charge < -0.3 is 5.32 Å². The summed E-state index contributed by atoms with van der Waals surface area (Å²) in [6.45, 7) is 7.98. The summed E-state index contributed by atoms with van der Waals surface area (Å²) in [6, 6.07) is 0.0942. The Kier molecular flexibility index (Phi) is 4.53. The number of halogens is 1. The Balaban J connectivity index is 2.43. The van der Waals surface area contributed by atoms with Crippen LogP contribution < -0.4 is 5.32 Å². The maximum atomic E-state index is 4.60. The number of rotatable bonds is 5. The average Bonchev–Trinajstić information content (AvgIpc) is 2.93. The molecule has 0 aliphatic carbocycles. The monoisotopic (exact) mass is 328 g/mol. The minimum Gasteiger partial charge on any atom is -0.304 e. The van der Waals surface area contributed by atoms with Gasteiger partial charge in [0.05, 0.1) is 33.1 Å². The fraction of sp³-hybridized carbons (Fsp3) is 0.500. The molecule has 4 nitrogen and oxygen atoms in total. The van der Waals surface area contributed by atoms with Crippen LogP contribution in [0.3, 0.4) is 0 Å². The first-order chi connectivity index (χ1) is 8.67. The molecular weight excluding hydrogens is 312 g/mol. The van der Waals surface area contributed by atoms with Gasteiger partial charge >= 0.3 is 0 Å². The summed E-state index contributed by atoms with van der Waals surface area (Å²) in [5, 5.41) is 11.1. The van der Waals surface area contributed by atoms with Crippen LogP contribution in [0.2, 0.25) is 0 Å². The van der Waals surface area contributed by atoms with E-state index in [4.69, 9.17) is 0 Å². The molecule has 1 N–H and O–H groups in total. The molecule has 1 unspecified atom stereocenters. The predicted octanol–water partition coefficient (Wildman–Crippen LogP) is 3.13. The van der Waals surface area contributed by atoms with E-state index in [9.17, 15) is 0 Å². The van der Waals surface area contributed by atoms with E-state index in [0.29, 0.717) is 0 Å². The molecule has 2 aromatic rings. The highest BCUT2D eigenvalue weighted by molar-refractivity contribution is 9.10. The van der Waals surface area contributed by atoms with E-state index in [-0.39, 0.29) is 6.04 Å². The topological polar surface area (TPSA) is 42.7 Å².